The molecule has 0 aromatic carbocycles. The molecule has 2 aliphatic rings. The Morgan fingerprint density at radius 3 is 2.60 bits per heavy atom. The molecule has 4 amide bonds. The van der Waals surface area contributed by atoms with Crippen LogP contribution in [0.1, 0.15) is 17.7 Å². The Morgan fingerprint density at radius 1 is 1.13 bits per heavy atom. The molecule has 0 aliphatic carbocycles. The van der Waals surface area contributed by atoms with Gasteiger partial charge in [-0.1, -0.05) is 0 Å². The molecule has 1 unspecified atom stereocenters. The summed E-state index contributed by atoms with van der Waals surface area (Å²) in [7, 11) is 0. The quantitative estimate of drug-likeness (QED) is 0.679. The van der Waals surface area contributed by atoms with E-state index in [1.54, 1.807) is 29.4 Å². The van der Waals surface area contributed by atoms with Crippen molar-refractivity contribution in [1.29, 1.82) is 0 Å². The zero-order chi connectivity index (χ0) is 20.9. The lowest BCUT2D eigenvalue weighted by atomic mass is 10.1. The number of hydrogen-bond acceptors (Lipinski definition) is 6. The van der Waals surface area contributed by atoms with E-state index in [9.17, 15) is 14.4 Å². The second-order valence-corrected chi connectivity index (χ2v) is 7.54. The van der Waals surface area contributed by atoms with E-state index in [0.29, 0.717) is 18.8 Å². The Labute approximate surface area is 174 Å². The fourth-order valence-corrected chi connectivity index (χ4v) is 3.78. The minimum atomic E-state index is -0.815. The van der Waals surface area contributed by atoms with Crippen molar-refractivity contribution in [2.45, 2.75) is 25.4 Å². The van der Waals surface area contributed by atoms with Gasteiger partial charge < -0.3 is 14.6 Å². The first-order valence-corrected chi connectivity index (χ1v) is 10.1. The van der Waals surface area contributed by atoms with Gasteiger partial charge in [-0.25, -0.2) is 4.79 Å². The first-order chi connectivity index (χ1) is 14.6. The van der Waals surface area contributed by atoms with E-state index in [2.05, 4.69) is 15.2 Å². The number of aromatic nitrogens is 1. The van der Waals surface area contributed by atoms with Gasteiger partial charge in [0.05, 0.1) is 19.2 Å². The molecule has 0 radical (unpaired) electrons. The number of pyridine rings is 1. The summed E-state index contributed by atoms with van der Waals surface area (Å²) < 4.78 is 5.20. The van der Waals surface area contributed by atoms with Gasteiger partial charge in [0.1, 0.15) is 11.8 Å². The first kappa shape index (κ1) is 20.1. The van der Waals surface area contributed by atoms with E-state index in [4.69, 9.17) is 4.42 Å². The summed E-state index contributed by atoms with van der Waals surface area (Å²) in [4.78, 5) is 46.6. The standard InChI is InChI=1S/C21H25N5O4/c27-19(14-18-20(28)26(21(29)23-18)15-17-2-1-13-30-17)25-11-9-24(10-12-25)8-5-16-3-6-22-7-4-16/h1-4,6-7,13,18H,5,8-12,14-15H2,(H,23,29). The summed E-state index contributed by atoms with van der Waals surface area (Å²) >= 11 is 0. The smallest absolute Gasteiger partial charge is 0.325 e. The summed E-state index contributed by atoms with van der Waals surface area (Å²) in [6.07, 6.45) is 6.02. The molecule has 1 N–H and O–H groups in total. The van der Waals surface area contributed by atoms with E-state index in [-0.39, 0.29) is 24.8 Å². The maximum Gasteiger partial charge on any atom is 0.325 e. The highest BCUT2D eigenvalue weighted by atomic mass is 16.3. The van der Waals surface area contributed by atoms with Crippen LogP contribution in [0, 0.1) is 0 Å². The zero-order valence-electron chi connectivity index (χ0n) is 16.7. The number of nitrogens with zero attached hydrogens (tertiary/aromatic N) is 4. The summed E-state index contributed by atoms with van der Waals surface area (Å²) in [6, 6.07) is 6.13. The van der Waals surface area contributed by atoms with Gasteiger partial charge in [0.25, 0.3) is 5.91 Å². The van der Waals surface area contributed by atoms with Crippen molar-refractivity contribution in [2.75, 3.05) is 32.7 Å². The van der Waals surface area contributed by atoms with Crippen LogP contribution in [0.4, 0.5) is 4.79 Å². The van der Waals surface area contributed by atoms with E-state index in [1.807, 2.05) is 12.1 Å². The molecule has 4 rings (SSSR count). The van der Waals surface area contributed by atoms with Crippen molar-refractivity contribution < 1.29 is 18.8 Å². The van der Waals surface area contributed by atoms with Gasteiger partial charge in [-0.05, 0) is 36.2 Å². The van der Waals surface area contributed by atoms with E-state index < -0.39 is 12.1 Å². The van der Waals surface area contributed by atoms with Crippen molar-refractivity contribution in [3.8, 4) is 0 Å². The van der Waals surface area contributed by atoms with Crippen LogP contribution in [0.5, 0.6) is 0 Å². The number of carbonyl (C=O) groups is 3. The zero-order valence-corrected chi connectivity index (χ0v) is 16.7. The second-order valence-electron chi connectivity index (χ2n) is 7.54. The minimum absolute atomic E-state index is 0.0176. The van der Waals surface area contributed by atoms with Crippen LogP contribution in [-0.4, -0.2) is 76.3 Å². The van der Waals surface area contributed by atoms with Crippen molar-refractivity contribution >= 4 is 17.8 Å². The largest absolute Gasteiger partial charge is 0.467 e. The molecule has 0 saturated carbocycles. The lowest BCUT2D eigenvalue weighted by Gasteiger charge is -2.35. The predicted molar refractivity (Wildman–Crippen MR) is 107 cm³/mol. The molecule has 158 valence electrons. The lowest BCUT2D eigenvalue weighted by Crippen LogP contribution is -2.50. The monoisotopic (exact) mass is 411 g/mol. The Kier molecular flexibility index (Phi) is 6.08. The lowest BCUT2D eigenvalue weighted by molar-refractivity contribution is -0.137. The Bertz CT molecular complexity index is 878. The average Bonchev–Trinajstić information content (AvgIpc) is 3.37. The predicted octanol–water partition coefficient (Wildman–Crippen LogP) is 0.872. The summed E-state index contributed by atoms with van der Waals surface area (Å²) in [5, 5.41) is 2.62. The third-order valence-corrected chi connectivity index (χ3v) is 5.57. The summed E-state index contributed by atoms with van der Waals surface area (Å²) in [5.74, 6) is 0.0244. The van der Waals surface area contributed by atoms with Crippen LogP contribution >= 0.6 is 0 Å². The second kappa shape index (κ2) is 9.08. The Morgan fingerprint density at radius 2 is 1.90 bits per heavy atom. The van der Waals surface area contributed by atoms with Gasteiger partial charge in [-0.3, -0.25) is 24.4 Å². The number of nitrogens with one attached hydrogen (secondary N) is 1. The number of carbonyl (C=O) groups excluding carboxylic acids is 3. The van der Waals surface area contributed by atoms with Crippen molar-refractivity contribution in [1.82, 2.24) is 25.0 Å². The molecule has 30 heavy (non-hydrogen) atoms. The highest BCUT2D eigenvalue weighted by molar-refractivity contribution is 6.05. The molecule has 2 saturated heterocycles. The number of hydrogen-bond donors (Lipinski definition) is 1. The van der Waals surface area contributed by atoms with Crippen molar-refractivity contribution in [3.63, 3.8) is 0 Å². The van der Waals surface area contributed by atoms with Crippen LogP contribution < -0.4 is 5.32 Å². The van der Waals surface area contributed by atoms with Gasteiger partial charge in [0, 0.05) is 45.1 Å². The summed E-state index contributed by atoms with van der Waals surface area (Å²) in [6.45, 7) is 3.85. The number of furan rings is 1. The van der Waals surface area contributed by atoms with Crippen LogP contribution in [0.25, 0.3) is 0 Å². The fraction of sp³-hybridized carbons (Fsp3) is 0.429. The van der Waals surface area contributed by atoms with E-state index in [0.717, 1.165) is 31.0 Å². The van der Waals surface area contributed by atoms with Crippen LogP contribution in [0.2, 0.25) is 0 Å². The first-order valence-electron chi connectivity index (χ1n) is 10.1. The topological polar surface area (TPSA) is 99.0 Å². The van der Waals surface area contributed by atoms with E-state index >= 15 is 0 Å². The van der Waals surface area contributed by atoms with Crippen LogP contribution in [-0.2, 0) is 22.6 Å². The molecule has 9 nitrogen and oxygen atoms in total. The molecule has 1 atom stereocenters. The molecule has 2 aliphatic heterocycles. The number of rotatable bonds is 7. The SMILES string of the molecule is O=C(CC1NC(=O)N(Cc2ccco2)C1=O)N1CCN(CCc2ccncc2)CC1. The molecule has 9 heteroatoms. The van der Waals surface area contributed by atoms with Crippen molar-refractivity contribution in [3.05, 3.63) is 54.2 Å². The average molecular weight is 411 g/mol. The van der Waals surface area contributed by atoms with Gasteiger partial charge in [-0.2, -0.15) is 0 Å². The molecule has 2 fully saturated rings. The van der Waals surface area contributed by atoms with Gasteiger partial charge >= 0.3 is 6.03 Å². The number of urea groups is 1. The highest BCUT2D eigenvalue weighted by Gasteiger charge is 2.40. The fourth-order valence-electron chi connectivity index (χ4n) is 3.78. The van der Waals surface area contributed by atoms with Crippen LogP contribution in [0.15, 0.2) is 47.3 Å². The number of piperazine rings is 1. The third kappa shape index (κ3) is 4.68. The van der Waals surface area contributed by atoms with Crippen LogP contribution in [0.3, 0.4) is 0 Å². The van der Waals surface area contributed by atoms with Gasteiger partial charge in [0.2, 0.25) is 5.91 Å². The number of imide groups is 1. The molecular weight excluding hydrogens is 386 g/mol. The maximum atomic E-state index is 12.7. The highest BCUT2D eigenvalue weighted by Crippen LogP contribution is 2.16. The normalized spacial score (nSPS) is 19.9. The van der Waals surface area contributed by atoms with Gasteiger partial charge in [0.15, 0.2) is 0 Å². The number of amides is 4. The van der Waals surface area contributed by atoms with Gasteiger partial charge in [-0.15, -0.1) is 0 Å². The summed E-state index contributed by atoms with van der Waals surface area (Å²) in [5.41, 5.74) is 1.25. The molecule has 0 bridgehead atoms. The van der Waals surface area contributed by atoms with E-state index in [1.165, 1.54) is 11.8 Å². The molecule has 4 heterocycles. The third-order valence-electron chi connectivity index (χ3n) is 5.57. The maximum absolute atomic E-state index is 12.7. The Hall–Kier alpha value is -3.20. The van der Waals surface area contributed by atoms with Crippen molar-refractivity contribution in [2.24, 2.45) is 0 Å². The molecular formula is C21H25N5O4. The Balaban J connectivity index is 1.23. The minimum Gasteiger partial charge on any atom is -0.467 e. The molecule has 0 spiro atoms. The molecule has 2 aromatic heterocycles. The molecule has 2 aromatic rings.